The Kier molecular flexibility index (Phi) is 5.40. The number of nitrogens with zero attached hydrogens (tertiary/aromatic N) is 3. The van der Waals surface area contributed by atoms with Gasteiger partial charge in [0.2, 0.25) is 0 Å². The Morgan fingerprint density at radius 1 is 1.15 bits per heavy atom. The van der Waals surface area contributed by atoms with Crippen LogP contribution in [0.25, 0.3) is 0 Å². The van der Waals surface area contributed by atoms with Gasteiger partial charge in [0.05, 0.1) is 23.0 Å². The maximum absolute atomic E-state index is 10.3. The van der Waals surface area contributed by atoms with Crippen LogP contribution in [-0.4, -0.2) is 55.8 Å². The van der Waals surface area contributed by atoms with E-state index in [1.807, 2.05) is 30.3 Å². The molecule has 0 amide bonds. The van der Waals surface area contributed by atoms with Gasteiger partial charge in [-0.15, -0.1) is 11.8 Å². The zero-order valence-electron chi connectivity index (χ0n) is 13.7. The van der Waals surface area contributed by atoms with Crippen LogP contribution in [0.3, 0.4) is 0 Å². The van der Waals surface area contributed by atoms with Gasteiger partial charge < -0.3 is 26.8 Å². The van der Waals surface area contributed by atoms with E-state index in [0.29, 0.717) is 11.4 Å². The van der Waals surface area contributed by atoms with Gasteiger partial charge in [0.1, 0.15) is 24.2 Å². The number of aliphatic hydroxyl groups excluding tert-OH is 2. The summed E-state index contributed by atoms with van der Waals surface area (Å²) in [5.41, 5.74) is 6.27. The highest BCUT2D eigenvalue weighted by Crippen LogP contribution is 2.35. The van der Waals surface area contributed by atoms with Crippen LogP contribution >= 0.6 is 11.8 Å². The normalized spacial score (nSPS) is 17.5. The molecule has 9 heteroatoms. The maximum Gasteiger partial charge on any atom is 0.153 e. The monoisotopic (exact) mass is 370 g/mol. The van der Waals surface area contributed by atoms with Crippen molar-refractivity contribution in [3.8, 4) is 0 Å². The van der Waals surface area contributed by atoms with Crippen molar-refractivity contribution in [2.45, 2.75) is 23.0 Å². The number of rotatable bonds is 7. The summed E-state index contributed by atoms with van der Waals surface area (Å²) in [6.07, 6.45) is -0.298. The molecule has 0 saturated heterocycles. The topological polar surface area (TPSA) is 152 Å². The summed E-state index contributed by atoms with van der Waals surface area (Å²) in [4.78, 5) is 13.0. The fourth-order valence-electron chi connectivity index (χ4n) is 2.52. The molecule has 134 valence electrons. The highest BCUT2D eigenvalue weighted by atomic mass is 32.2. The number of anilines is 1. The number of nitrogens with two attached hydrogens (primary N) is 1. The average Bonchev–Trinajstić information content (AvgIpc) is 3.10. The van der Waals surface area contributed by atoms with Gasteiger partial charge in [-0.3, -0.25) is 4.99 Å². The number of thioether (sulfide) groups is 1. The summed E-state index contributed by atoms with van der Waals surface area (Å²) >= 11 is 1.38. The Morgan fingerprint density at radius 2 is 1.88 bits per heavy atom. The molecule has 3 rings (SSSR count). The van der Waals surface area contributed by atoms with E-state index in [1.165, 1.54) is 24.3 Å². The van der Waals surface area contributed by atoms with Crippen molar-refractivity contribution in [1.82, 2.24) is 9.97 Å². The maximum atomic E-state index is 10.3. The van der Waals surface area contributed by atoms with Crippen LogP contribution < -0.4 is 5.73 Å². The van der Waals surface area contributed by atoms with E-state index in [-0.39, 0.29) is 23.0 Å². The highest BCUT2D eigenvalue weighted by Gasteiger charge is 2.34. The predicted molar refractivity (Wildman–Crippen MR) is 102 cm³/mol. The number of aliphatic imine (C=N–C) groups is 1. The fourth-order valence-corrected chi connectivity index (χ4v) is 3.36. The van der Waals surface area contributed by atoms with E-state index in [4.69, 9.17) is 16.6 Å². The standard InChI is InChI=1S/C17H18N6O2S/c18-11(7-26-9-4-2-1-3-5-9)15(24)16(25)12(19)10-6-21-14-13(10)22-8-23-17(14)20/h1-6,8,10,15-16,18-19,24-25H,7H2,(H2,20,22,23)/t10?,15-,16+/m0/s1. The van der Waals surface area contributed by atoms with E-state index < -0.39 is 18.1 Å². The average molecular weight is 370 g/mol. The minimum absolute atomic E-state index is 0.0616. The first-order valence-corrected chi connectivity index (χ1v) is 8.81. The van der Waals surface area contributed by atoms with Crippen LogP contribution in [0, 0.1) is 10.8 Å². The molecule has 0 saturated carbocycles. The van der Waals surface area contributed by atoms with Gasteiger partial charge in [0, 0.05) is 16.9 Å². The number of hydrogen-bond acceptors (Lipinski definition) is 9. The smallest absolute Gasteiger partial charge is 0.153 e. The van der Waals surface area contributed by atoms with Gasteiger partial charge in [0.15, 0.2) is 5.82 Å². The molecule has 0 aliphatic carbocycles. The summed E-state index contributed by atoms with van der Waals surface area (Å²) in [5, 5.41) is 36.8. The highest BCUT2D eigenvalue weighted by molar-refractivity contribution is 8.00. The fraction of sp³-hybridized carbons (Fsp3) is 0.235. The minimum atomic E-state index is -1.53. The molecule has 0 fully saturated rings. The first-order chi connectivity index (χ1) is 12.5. The Bertz CT molecular complexity index is 858. The molecule has 0 bridgehead atoms. The zero-order chi connectivity index (χ0) is 18.7. The zero-order valence-corrected chi connectivity index (χ0v) is 14.5. The number of aromatic nitrogens is 2. The molecule has 26 heavy (non-hydrogen) atoms. The number of nitrogens with one attached hydrogen (secondary N) is 2. The molecule has 8 nitrogen and oxygen atoms in total. The van der Waals surface area contributed by atoms with Crippen molar-refractivity contribution in [1.29, 1.82) is 10.8 Å². The van der Waals surface area contributed by atoms with Gasteiger partial charge in [-0.25, -0.2) is 9.97 Å². The summed E-state index contributed by atoms with van der Waals surface area (Å²) in [7, 11) is 0. The Morgan fingerprint density at radius 3 is 2.62 bits per heavy atom. The lowest BCUT2D eigenvalue weighted by Crippen LogP contribution is -2.42. The quantitative estimate of drug-likeness (QED) is 0.367. The first-order valence-electron chi connectivity index (χ1n) is 7.83. The van der Waals surface area contributed by atoms with Crippen LogP contribution in [0.4, 0.5) is 11.5 Å². The van der Waals surface area contributed by atoms with E-state index >= 15 is 0 Å². The summed E-state index contributed by atoms with van der Waals surface area (Å²) in [6.45, 7) is 0. The third kappa shape index (κ3) is 3.64. The Balaban J connectivity index is 1.64. The number of nitrogen functional groups attached to an aromatic ring is 1. The van der Waals surface area contributed by atoms with Gasteiger partial charge in [-0.05, 0) is 12.1 Å². The molecular formula is C17H18N6O2S. The summed E-state index contributed by atoms with van der Waals surface area (Å²) in [5.74, 6) is -0.293. The van der Waals surface area contributed by atoms with Crippen LogP contribution in [0.5, 0.6) is 0 Å². The molecule has 6 N–H and O–H groups in total. The molecule has 1 unspecified atom stereocenters. The van der Waals surface area contributed by atoms with Crippen molar-refractivity contribution in [2.75, 3.05) is 11.5 Å². The molecule has 1 aromatic heterocycles. The minimum Gasteiger partial charge on any atom is -0.384 e. The van der Waals surface area contributed by atoms with E-state index in [0.717, 1.165) is 4.90 Å². The first kappa shape index (κ1) is 18.2. The van der Waals surface area contributed by atoms with Crippen LogP contribution in [-0.2, 0) is 0 Å². The lowest BCUT2D eigenvalue weighted by Gasteiger charge is -2.22. The van der Waals surface area contributed by atoms with Gasteiger partial charge in [-0.2, -0.15) is 0 Å². The van der Waals surface area contributed by atoms with Gasteiger partial charge >= 0.3 is 0 Å². The number of aliphatic hydroxyl groups is 2. The van der Waals surface area contributed by atoms with Crippen LogP contribution in [0.2, 0.25) is 0 Å². The van der Waals surface area contributed by atoms with E-state index in [9.17, 15) is 10.2 Å². The second-order valence-electron chi connectivity index (χ2n) is 5.72. The van der Waals surface area contributed by atoms with E-state index in [1.54, 1.807) is 0 Å². The van der Waals surface area contributed by atoms with Crippen molar-refractivity contribution >= 4 is 40.9 Å². The molecule has 2 aromatic rings. The molecule has 1 aliphatic rings. The lowest BCUT2D eigenvalue weighted by atomic mass is 9.93. The Hall–Kier alpha value is -2.62. The largest absolute Gasteiger partial charge is 0.384 e. The van der Waals surface area contributed by atoms with Crippen molar-refractivity contribution in [2.24, 2.45) is 4.99 Å². The van der Waals surface area contributed by atoms with Gasteiger partial charge in [-0.1, -0.05) is 18.2 Å². The van der Waals surface area contributed by atoms with Crippen LogP contribution in [0.1, 0.15) is 11.6 Å². The second-order valence-corrected chi connectivity index (χ2v) is 6.77. The Labute approximate surface area is 154 Å². The molecular weight excluding hydrogens is 352 g/mol. The third-order valence-electron chi connectivity index (χ3n) is 3.97. The number of benzene rings is 1. The number of hydrogen-bond donors (Lipinski definition) is 5. The van der Waals surface area contributed by atoms with Crippen molar-refractivity contribution in [3.63, 3.8) is 0 Å². The summed E-state index contributed by atoms with van der Waals surface area (Å²) < 4.78 is 0. The van der Waals surface area contributed by atoms with Crippen molar-refractivity contribution < 1.29 is 10.2 Å². The molecule has 0 radical (unpaired) electrons. The SMILES string of the molecule is N=C(C1C=Nc2c(N)ncnc21)[C@@H](O)[C@@H](O)C(=N)CSc1ccccc1. The van der Waals surface area contributed by atoms with Crippen molar-refractivity contribution in [3.05, 3.63) is 42.4 Å². The summed E-state index contributed by atoms with van der Waals surface area (Å²) in [6, 6.07) is 9.47. The van der Waals surface area contributed by atoms with Gasteiger partial charge in [0.25, 0.3) is 0 Å². The number of fused-ring (bicyclic) bond motifs is 1. The lowest BCUT2D eigenvalue weighted by molar-refractivity contribution is 0.103. The second kappa shape index (κ2) is 7.73. The molecule has 2 heterocycles. The molecule has 0 spiro atoms. The van der Waals surface area contributed by atoms with Crippen LogP contribution in [0.15, 0.2) is 46.5 Å². The molecule has 1 aliphatic heterocycles. The molecule has 1 aromatic carbocycles. The predicted octanol–water partition coefficient (Wildman–Crippen LogP) is 1.41. The van der Waals surface area contributed by atoms with E-state index in [2.05, 4.69) is 15.0 Å². The third-order valence-corrected chi connectivity index (χ3v) is 5.03. The molecule has 3 atom stereocenters.